The van der Waals surface area contributed by atoms with Crippen LogP contribution in [0.4, 0.5) is 11.5 Å². The number of nitro benzene ring substituents is 1. The monoisotopic (exact) mass is 334 g/mol. The van der Waals surface area contributed by atoms with E-state index in [4.69, 9.17) is 17.3 Å². The van der Waals surface area contributed by atoms with Crippen molar-refractivity contribution in [2.75, 3.05) is 5.73 Å². The van der Waals surface area contributed by atoms with Gasteiger partial charge in [-0.3, -0.25) is 34.4 Å². The number of hydrogen-bond acceptors (Lipinski definition) is 6. The molecule has 10 heteroatoms. The summed E-state index contributed by atoms with van der Waals surface area (Å²) in [6, 6.07) is 4.48. The van der Waals surface area contributed by atoms with Gasteiger partial charge in [-0.05, 0) is 12.1 Å². The molecule has 116 valence electrons. The van der Waals surface area contributed by atoms with Crippen molar-refractivity contribution in [3.8, 4) is 5.69 Å². The van der Waals surface area contributed by atoms with Gasteiger partial charge >= 0.3 is 0 Å². The molecule has 2 aromatic rings. The number of aromatic nitrogens is 1. The van der Waals surface area contributed by atoms with Crippen molar-refractivity contribution in [1.29, 1.82) is 0 Å². The number of anilines is 1. The second-order valence-electron chi connectivity index (χ2n) is 4.67. The van der Waals surface area contributed by atoms with Gasteiger partial charge in [0.2, 0.25) is 0 Å². The SMILES string of the molecule is Nc1c2c(cc(=O)n1-c1cc(Cl)ccc1[N+](=O)[O-])C(=O)NC2=O. The molecule has 23 heavy (non-hydrogen) atoms. The van der Waals surface area contributed by atoms with E-state index in [1.54, 1.807) is 0 Å². The first-order valence-corrected chi connectivity index (χ1v) is 6.54. The van der Waals surface area contributed by atoms with Gasteiger partial charge in [-0.25, -0.2) is 0 Å². The number of benzene rings is 1. The number of nitrogens with one attached hydrogen (secondary N) is 1. The summed E-state index contributed by atoms with van der Waals surface area (Å²) in [7, 11) is 0. The summed E-state index contributed by atoms with van der Waals surface area (Å²) in [6.07, 6.45) is 0. The standard InChI is InChI=1S/C13H7ClN4O5/c14-5-1-2-7(18(22)23)8(3-5)17-9(19)4-6-10(11(17)15)13(21)16-12(6)20/h1-4H,15H2,(H,16,20,21). The molecule has 1 aliphatic heterocycles. The summed E-state index contributed by atoms with van der Waals surface area (Å²) >= 11 is 5.83. The Morgan fingerprint density at radius 2 is 1.87 bits per heavy atom. The maximum Gasteiger partial charge on any atom is 0.293 e. The van der Waals surface area contributed by atoms with Crippen molar-refractivity contribution in [1.82, 2.24) is 9.88 Å². The van der Waals surface area contributed by atoms with Crippen LogP contribution in [0.1, 0.15) is 20.7 Å². The van der Waals surface area contributed by atoms with E-state index >= 15 is 0 Å². The Labute approximate surface area is 132 Å². The molecule has 2 heterocycles. The van der Waals surface area contributed by atoms with E-state index in [-0.39, 0.29) is 27.7 Å². The van der Waals surface area contributed by atoms with Crippen LogP contribution >= 0.6 is 11.6 Å². The number of fused-ring (bicyclic) bond motifs is 1. The summed E-state index contributed by atoms with van der Waals surface area (Å²) in [6.45, 7) is 0. The molecule has 9 nitrogen and oxygen atoms in total. The molecule has 0 bridgehead atoms. The average Bonchev–Trinajstić information content (AvgIpc) is 2.73. The van der Waals surface area contributed by atoms with Crippen molar-refractivity contribution < 1.29 is 14.5 Å². The molecule has 1 aromatic carbocycles. The molecule has 0 fully saturated rings. The third kappa shape index (κ3) is 2.14. The van der Waals surface area contributed by atoms with Gasteiger partial charge < -0.3 is 5.73 Å². The minimum Gasteiger partial charge on any atom is -0.384 e. The first kappa shape index (κ1) is 14.7. The van der Waals surface area contributed by atoms with E-state index in [1.165, 1.54) is 12.1 Å². The van der Waals surface area contributed by atoms with Gasteiger partial charge in [0.1, 0.15) is 11.5 Å². The molecular formula is C13H7ClN4O5. The number of halogens is 1. The Morgan fingerprint density at radius 1 is 1.17 bits per heavy atom. The number of imide groups is 1. The molecule has 3 N–H and O–H groups in total. The van der Waals surface area contributed by atoms with E-state index in [0.29, 0.717) is 0 Å². The van der Waals surface area contributed by atoms with Crippen LogP contribution in [0.25, 0.3) is 5.69 Å². The third-order valence-electron chi connectivity index (χ3n) is 3.33. The van der Waals surface area contributed by atoms with Crippen molar-refractivity contribution in [2.45, 2.75) is 0 Å². The van der Waals surface area contributed by atoms with E-state index in [9.17, 15) is 24.5 Å². The molecular weight excluding hydrogens is 328 g/mol. The maximum atomic E-state index is 12.3. The fraction of sp³-hybridized carbons (Fsp3) is 0. The number of carbonyl (C=O) groups is 2. The van der Waals surface area contributed by atoms with E-state index in [0.717, 1.165) is 16.7 Å². The fourth-order valence-electron chi connectivity index (χ4n) is 2.36. The van der Waals surface area contributed by atoms with Crippen molar-refractivity contribution >= 4 is 34.9 Å². The number of nitrogens with two attached hydrogens (primary N) is 1. The average molecular weight is 335 g/mol. The minimum atomic E-state index is -0.795. The van der Waals surface area contributed by atoms with Crippen molar-refractivity contribution in [3.05, 3.63) is 60.9 Å². The Morgan fingerprint density at radius 3 is 2.52 bits per heavy atom. The zero-order valence-corrected chi connectivity index (χ0v) is 12.0. The topological polar surface area (TPSA) is 137 Å². The van der Waals surface area contributed by atoms with Gasteiger partial charge in [0.15, 0.2) is 0 Å². The molecule has 0 spiro atoms. The third-order valence-corrected chi connectivity index (χ3v) is 3.56. The van der Waals surface area contributed by atoms with Gasteiger partial charge in [-0.2, -0.15) is 0 Å². The summed E-state index contributed by atoms with van der Waals surface area (Å²) in [5, 5.41) is 13.3. The van der Waals surface area contributed by atoms with E-state index in [1.807, 2.05) is 5.32 Å². The lowest BCUT2D eigenvalue weighted by atomic mass is 10.1. The number of amides is 2. The highest BCUT2D eigenvalue weighted by Gasteiger charge is 2.33. The number of hydrogen-bond donors (Lipinski definition) is 2. The summed E-state index contributed by atoms with van der Waals surface area (Å²) in [4.78, 5) is 46.1. The van der Waals surface area contributed by atoms with Crippen LogP contribution in [0.5, 0.6) is 0 Å². The van der Waals surface area contributed by atoms with Crippen molar-refractivity contribution in [3.63, 3.8) is 0 Å². The highest BCUT2D eigenvalue weighted by atomic mass is 35.5. The number of nitrogen functional groups attached to an aromatic ring is 1. The molecule has 0 saturated carbocycles. The summed E-state index contributed by atoms with van der Waals surface area (Å²) in [5.74, 6) is -1.90. The first-order valence-electron chi connectivity index (χ1n) is 6.16. The van der Waals surface area contributed by atoms with Crippen LogP contribution in [0.3, 0.4) is 0 Å². The van der Waals surface area contributed by atoms with Crippen LogP contribution in [-0.2, 0) is 0 Å². The number of pyridine rings is 1. The second-order valence-corrected chi connectivity index (χ2v) is 5.10. The molecule has 0 saturated heterocycles. The Balaban J connectivity index is 2.40. The predicted octanol–water partition coefficient (Wildman–Crippen LogP) is 0.865. The maximum absolute atomic E-state index is 12.3. The summed E-state index contributed by atoms with van der Waals surface area (Å²) < 4.78 is 0.779. The fourth-order valence-corrected chi connectivity index (χ4v) is 2.52. The largest absolute Gasteiger partial charge is 0.384 e. The van der Waals surface area contributed by atoms with Gasteiger partial charge in [0, 0.05) is 17.2 Å². The molecule has 1 aromatic heterocycles. The van der Waals surface area contributed by atoms with Crippen LogP contribution in [0.15, 0.2) is 29.1 Å². The quantitative estimate of drug-likeness (QED) is 0.474. The predicted molar refractivity (Wildman–Crippen MR) is 79.9 cm³/mol. The van der Waals surface area contributed by atoms with Gasteiger partial charge in [-0.1, -0.05) is 11.6 Å². The number of rotatable bonds is 2. The number of carbonyl (C=O) groups excluding carboxylic acids is 2. The zero-order valence-electron chi connectivity index (χ0n) is 11.2. The van der Waals surface area contributed by atoms with E-state index in [2.05, 4.69) is 0 Å². The zero-order chi connectivity index (χ0) is 16.9. The van der Waals surface area contributed by atoms with Crippen LogP contribution in [-0.4, -0.2) is 21.3 Å². The highest BCUT2D eigenvalue weighted by molar-refractivity contribution is 6.30. The van der Waals surface area contributed by atoms with Gasteiger partial charge in [0.25, 0.3) is 23.1 Å². The van der Waals surface area contributed by atoms with Crippen LogP contribution < -0.4 is 16.6 Å². The minimum absolute atomic E-state index is 0.137. The Hall–Kier alpha value is -3.20. The first-order chi connectivity index (χ1) is 10.8. The lowest BCUT2D eigenvalue weighted by Crippen LogP contribution is -2.24. The van der Waals surface area contributed by atoms with Gasteiger partial charge in [-0.15, -0.1) is 0 Å². The molecule has 2 amide bonds. The highest BCUT2D eigenvalue weighted by Crippen LogP contribution is 2.29. The summed E-state index contributed by atoms with van der Waals surface area (Å²) in [5.41, 5.74) is 4.04. The number of nitrogens with zero attached hydrogens (tertiary/aromatic N) is 2. The molecule has 0 atom stereocenters. The van der Waals surface area contributed by atoms with Crippen LogP contribution in [0, 0.1) is 10.1 Å². The molecule has 3 rings (SSSR count). The lowest BCUT2D eigenvalue weighted by Gasteiger charge is -2.12. The normalized spacial score (nSPS) is 12.9. The van der Waals surface area contributed by atoms with Crippen molar-refractivity contribution in [2.24, 2.45) is 0 Å². The van der Waals surface area contributed by atoms with E-state index < -0.39 is 28.0 Å². The Bertz CT molecular complexity index is 966. The van der Waals surface area contributed by atoms with Gasteiger partial charge in [0.05, 0.1) is 16.1 Å². The smallest absolute Gasteiger partial charge is 0.293 e. The molecule has 0 aliphatic carbocycles. The lowest BCUT2D eigenvalue weighted by molar-refractivity contribution is -0.384. The molecule has 0 radical (unpaired) electrons. The van der Waals surface area contributed by atoms with Crippen LogP contribution in [0.2, 0.25) is 5.02 Å². The molecule has 0 unspecified atom stereocenters. The second kappa shape index (κ2) is 4.92. The number of nitro groups is 1. The Kier molecular flexibility index (Phi) is 3.15. The molecule has 1 aliphatic rings.